The van der Waals surface area contributed by atoms with Crippen molar-refractivity contribution in [3.05, 3.63) is 63.2 Å². The molecule has 0 unspecified atom stereocenters. The van der Waals surface area contributed by atoms with E-state index in [-0.39, 0.29) is 40.4 Å². The number of amides is 1. The van der Waals surface area contributed by atoms with E-state index >= 15 is 0 Å². The molecular weight excluding hydrogens is 501 g/mol. The molecule has 0 bridgehead atoms. The molecule has 2 aromatic rings. The average molecular weight is 531 g/mol. The topological polar surface area (TPSA) is 66.5 Å². The lowest BCUT2D eigenvalue weighted by Gasteiger charge is -2.29. The van der Waals surface area contributed by atoms with E-state index < -0.39 is 27.5 Å². The number of hydrogen-bond acceptors (Lipinski definition) is 4. The molecule has 5 nitrogen and oxygen atoms in total. The number of benzene rings is 2. The highest BCUT2D eigenvalue weighted by molar-refractivity contribution is 7.91. The Labute approximate surface area is 209 Å². The van der Waals surface area contributed by atoms with Crippen molar-refractivity contribution in [3.63, 3.8) is 0 Å². The van der Waals surface area contributed by atoms with E-state index in [1.54, 1.807) is 6.92 Å². The van der Waals surface area contributed by atoms with Crippen molar-refractivity contribution in [1.29, 1.82) is 0 Å². The molecule has 1 amide bonds. The van der Waals surface area contributed by atoms with Gasteiger partial charge in [-0.2, -0.15) is 13.2 Å². The Balaban J connectivity index is 1.91. The molecule has 0 aliphatic carbocycles. The van der Waals surface area contributed by atoms with Gasteiger partial charge in [-0.15, -0.1) is 0 Å². The second kappa shape index (κ2) is 11.3. The van der Waals surface area contributed by atoms with Gasteiger partial charge in [0.15, 0.2) is 9.84 Å². The fourth-order valence-corrected chi connectivity index (χ4v) is 5.69. The second-order valence-corrected chi connectivity index (χ2v) is 11.4. The molecule has 10 heteroatoms. The van der Waals surface area contributed by atoms with Crippen LogP contribution in [0.25, 0.3) is 0 Å². The molecule has 1 aliphatic rings. The zero-order valence-electron chi connectivity index (χ0n) is 19.8. The lowest BCUT2D eigenvalue weighted by Crippen LogP contribution is -2.31. The molecule has 0 spiro atoms. The van der Waals surface area contributed by atoms with Gasteiger partial charge in [0, 0.05) is 23.7 Å². The van der Waals surface area contributed by atoms with Crippen LogP contribution >= 0.6 is 11.6 Å². The summed E-state index contributed by atoms with van der Waals surface area (Å²) in [5.41, 5.74) is 0.0569. The SMILES string of the molecule is CCc1cc(C(=O)NCc2cc(Cl)ccc2S(=O)(=O)CC)cc(C(F)(F)F)c1CN1CCCCC1. The van der Waals surface area contributed by atoms with Crippen LogP contribution in [0.5, 0.6) is 0 Å². The van der Waals surface area contributed by atoms with Gasteiger partial charge >= 0.3 is 6.18 Å². The zero-order valence-corrected chi connectivity index (χ0v) is 21.4. The maximum Gasteiger partial charge on any atom is 0.416 e. The Morgan fingerprint density at radius 3 is 2.34 bits per heavy atom. The standard InChI is InChI=1S/C25H30ClF3N2O3S/c1-3-17-12-18(14-22(25(27,28)29)21(17)16-31-10-6-5-7-11-31)24(32)30-15-19-13-20(26)8-9-23(19)35(33,34)4-2/h8-9,12-14H,3-7,10-11,15-16H2,1-2H3,(H,30,32). The molecule has 0 atom stereocenters. The second-order valence-electron chi connectivity index (χ2n) is 8.69. The number of alkyl halides is 3. The van der Waals surface area contributed by atoms with Crippen LogP contribution in [-0.2, 0) is 35.5 Å². The van der Waals surface area contributed by atoms with Gasteiger partial charge in [0.2, 0.25) is 0 Å². The molecule has 1 N–H and O–H groups in total. The highest BCUT2D eigenvalue weighted by atomic mass is 35.5. The molecule has 0 saturated carbocycles. The van der Waals surface area contributed by atoms with Crippen LogP contribution in [0.15, 0.2) is 35.2 Å². The van der Waals surface area contributed by atoms with Gasteiger partial charge in [-0.05, 0) is 79.4 Å². The van der Waals surface area contributed by atoms with Crippen LogP contribution < -0.4 is 5.32 Å². The summed E-state index contributed by atoms with van der Waals surface area (Å²) >= 11 is 6.01. The van der Waals surface area contributed by atoms with E-state index in [0.717, 1.165) is 38.4 Å². The van der Waals surface area contributed by atoms with Crippen LogP contribution in [0.1, 0.15) is 65.7 Å². The fourth-order valence-electron chi connectivity index (χ4n) is 4.38. The number of carbonyl (C=O) groups excluding carboxylic acids is 1. The predicted octanol–water partition coefficient (Wildman–Crippen LogP) is 5.63. The molecule has 1 fully saturated rings. The van der Waals surface area contributed by atoms with E-state index in [1.807, 2.05) is 4.90 Å². The van der Waals surface area contributed by atoms with Gasteiger partial charge in [-0.1, -0.05) is 31.9 Å². The number of carbonyl (C=O) groups is 1. The summed E-state index contributed by atoms with van der Waals surface area (Å²) in [6.45, 7) is 4.79. The third-order valence-electron chi connectivity index (χ3n) is 6.30. The smallest absolute Gasteiger partial charge is 0.348 e. The summed E-state index contributed by atoms with van der Waals surface area (Å²) in [5, 5.41) is 2.86. The van der Waals surface area contributed by atoms with Crippen LogP contribution in [-0.4, -0.2) is 38.1 Å². The average Bonchev–Trinajstić information content (AvgIpc) is 2.82. The normalized spacial score (nSPS) is 15.3. The lowest BCUT2D eigenvalue weighted by molar-refractivity contribution is -0.138. The number of aryl methyl sites for hydroxylation is 1. The first-order valence-corrected chi connectivity index (χ1v) is 13.7. The van der Waals surface area contributed by atoms with Gasteiger partial charge in [0.25, 0.3) is 5.91 Å². The largest absolute Gasteiger partial charge is 0.416 e. The monoisotopic (exact) mass is 530 g/mol. The van der Waals surface area contributed by atoms with Crippen molar-refractivity contribution in [2.24, 2.45) is 0 Å². The zero-order chi connectivity index (χ0) is 25.8. The summed E-state index contributed by atoms with van der Waals surface area (Å²) in [6.07, 6.45) is -1.26. The Hall–Kier alpha value is -2.10. The molecule has 1 aliphatic heterocycles. The number of likely N-dealkylation sites (tertiary alicyclic amines) is 1. The van der Waals surface area contributed by atoms with Crippen molar-refractivity contribution < 1.29 is 26.4 Å². The van der Waals surface area contributed by atoms with Crippen LogP contribution in [0.2, 0.25) is 5.02 Å². The van der Waals surface area contributed by atoms with Crippen molar-refractivity contribution in [1.82, 2.24) is 10.2 Å². The molecule has 1 saturated heterocycles. The van der Waals surface area contributed by atoms with Crippen molar-refractivity contribution in [2.45, 2.75) is 63.7 Å². The number of nitrogens with one attached hydrogen (secondary N) is 1. The minimum Gasteiger partial charge on any atom is -0.348 e. The molecule has 1 heterocycles. The first-order valence-electron chi connectivity index (χ1n) is 11.7. The molecule has 0 radical (unpaired) electrons. The Morgan fingerprint density at radius 2 is 1.74 bits per heavy atom. The van der Waals surface area contributed by atoms with E-state index in [9.17, 15) is 26.4 Å². The number of halogens is 4. The molecule has 2 aromatic carbocycles. The highest BCUT2D eigenvalue weighted by Gasteiger charge is 2.36. The first-order chi connectivity index (χ1) is 16.5. The number of nitrogens with zero attached hydrogens (tertiary/aromatic N) is 1. The number of sulfone groups is 1. The molecule has 192 valence electrons. The summed E-state index contributed by atoms with van der Waals surface area (Å²) in [6, 6.07) is 6.65. The van der Waals surface area contributed by atoms with Gasteiger partial charge < -0.3 is 5.32 Å². The summed E-state index contributed by atoms with van der Waals surface area (Å²) in [7, 11) is -3.58. The van der Waals surface area contributed by atoms with Gasteiger partial charge in [-0.3, -0.25) is 9.69 Å². The third kappa shape index (κ3) is 6.77. The maximum atomic E-state index is 14.0. The predicted molar refractivity (Wildman–Crippen MR) is 130 cm³/mol. The van der Waals surface area contributed by atoms with E-state index in [0.29, 0.717) is 17.0 Å². The van der Waals surface area contributed by atoms with Crippen molar-refractivity contribution in [2.75, 3.05) is 18.8 Å². The van der Waals surface area contributed by atoms with Crippen molar-refractivity contribution in [3.8, 4) is 0 Å². The Kier molecular flexibility index (Phi) is 8.88. The van der Waals surface area contributed by atoms with Crippen molar-refractivity contribution >= 4 is 27.3 Å². The lowest BCUT2D eigenvalue weighted by atomic mass is 9.94. The summed E-state index contributed by atoms with van der Waals surface area (Å²) in [4.78, 5) is 15.0. The number of piperidine rings is 1. The Morgan fingerprint density at radius 1 is 1.06 bits per heavy atom. The molecule has 35 heavy (non-hydrogen) atoms. The Bertz CT molecular complexity index is 1180. The number of hydrogen-bond donors (Lipinski definition) is 1. The van der Waals surface area contributed by atoms with Crippen LogP contribution in [0, 0.1) is 0 Å². The van der Waals surface area contributed by atoms with Gasteiger partial charge in [0.1, 0.15) is 0 Å². The highest BCUT2D eigenvalue weighted by Crippen LogP contribution is 2.36. The van der Waals surface area contributed by atoms with Gasteiger partial charge in [-0.25, -0.2) is 8.42 Å². The van der Waals surface area contributed by atoms with Gasteiger partial charge in [0.05, 0.1) is 16.2 Å². The maximum absolute atomic E-state index is 14.0. The van der Waals surface area contributed by atoms with E-state index in [4.69, 9.17) is 11.6 Å². The molecule has 0 aromatic heterocycles. The summed E-state index contributed by atoms with van der Waals surface area (Å²) < 4.78 is 67.0. The first kappa shape index (κ1) is 27.5. The third-order valence-corrected chi connectivity index (χ3v) is 8.36. The minimum absolute atomic E-state index is 0.0341. The fraction of sp³-hybridized carbons (Fsp3) is 0.480. The summed E-state index contributed by atoms with van der Waals surface area (Å²) in [5.74, 6) is -0.849. The molecular formula is C25H30ClF3N2O3S. The van der Waals surface area contributed by atoms with Crippen LogP contribution in [0.4, 0.5) is 13.2 Å². The van der Waals surface area contributed by atoms with E-state index in [2.05, 4.69) is 5.32 Å². The number of rotatable bonds is 8. The van der Waals surface area contributed by atoms with E-state index in [1.165, 1.54) is 31.2 Å². The minimum atomic E-state index is -4.61. The quantitative estimate of drug-likeness (QED) is 0.480. The molecule has 3 rings (SSSR count). The van der Waals surface area contributed by atoms with Crippen LogP contribution in [0.3, 0.4) is 0 Å².